The zero-order valence-corrected chi connectivity index (χ0v) is 10.9. The molecule has 1 heterocycles. The van der Waals surface area contributed by atoms with Gasteiger partial charge >= 0.3 is 5.97 Å². The van der Waals surface area contributed by atoms with Crippen LogP contribution in [0.1, 0.15) is 27.7 Å². The van der Waals surface area contributed by atoms with Gasteiger partial charge in [0.25, 0.3) is 0 Å². The number of nitrogens with two attached hydrogens (primary N) is 1. The van der Waals surface area contributed by atoms with E-state index in [1.165, 1.54) is 0 Å². The Labute approximate surface area is 102 Å². The van der Waals surface area contributed by atoms with E-state index in [-0.39, 0.29) is 17.2 Å². The number of carboxylic acids is 1. The van der Waals surface area contributed by atoms with Crippen molar-refractivity contribution in [2.24, 2.45) is 23.0 Å². The molecule has 1 fully saturated rings. The van der Waals surface area contributed by atoms with Gasteiger partial charge in [-0.25, -0.2) is 0 Å². The first-order chi connectivity index (χ1) is 7.64. The highest BCUT2D eigenvalue weighted by molar-refractivity contribution is 5.83. The van der Waals surface area contributed by atoms with Gasteiger partial charge in [-0.15, -0.1) is 0 Å². The van der Waals surface area contributed by atoms with E-state index in [1.807, 2.05) is 20.8 Å². The lowest BCUT2D eigenvalue weighted by atomic mass is 9.83. The molecule has 98 valence electrons. The van der Waals surface area contributed by atoms with E-state index in [4.69, 9.17) is 10.8 Å². The number of hydrogen-bond donors (Lipinski definition) is 2. The van der Waals surface area contributed by atoms with Gasteiger partial charge in [0.05, 0.1) is 12.0 Å². The van der Waals surface area contributed by atoms with Crippen LogP contribution in [0.4, 0.5) is 0 Å². The standard InChI is InChI=1S/C12H22N2O3/c1-7(11(16)17)8-5-14(6-8)10(15)9(13)12(2,3)4/h7-9H,5-6,13H2,1-4H3,(H,16,17). The first-order valence-electron chi connectivity index (χ1n) is 5.91. The highest BCUT2D eigenvalue weighted by Gasteiger charge is 2.40. The lowest BCUT2D eigenvalue weighted by Crippen LogP contribution is -2.60. The molecule has 0 bridgehead atoms. The topological polar surface area (TPSA) is 83.6 Å². The molecule has 1 aliphatic rings. The molecule has 1 aliphatic heterocycles. The van der Waals surface area contributed by atoms with Crippen molar-refractivity contribution in [3.63, 3.8) is 0 Å². The Balaban J connectivity index is 2.48. The van der Waals surface area contributed by atoms with Crippen molar-refractivity contribution in [3.8, 4) is 0 Å². The number of nitrogens with zero attached hydrogens (tertiary/aromatic N) is 1. The van der Waals surface area contributed by atoms with E-state index in [0.717, 1.165) is 0 Å². The number of carboxylic acid groups (broad SMARTS) is 1. The van der Waals surface area contributed by atoms with Crippen LogP contribution in [0.3, 0.4) is 0 Å². The van der Waals surface area contributed by atoms with Crippen LogP contribution in [0, 0.1) is 17.3 Å². The number of rotatable bonds is 3. The summed E-state index contributed by atoms with van der Waals surface area (Å²) in [6, 6.07) is -0.524. The summed E-state index contributed by atoms with van der Waals surface area (Å²) in [5, 5.41) is 8.85. The van der Waals surface area contributed by atoms with Gasteiger partial charge in [-0.3, -0.25) is 9.59 Å². The molecule has 2 atom stereocenters. The number of amides is 1. The second-order valence-corrected chi connectivity index (χ2v) is 5.97. The van der Waals surface area contributed by atoms with Crippen molar-refractivity contribution >= 4 is 11.9 Å². The first-order valence-corrected chi connectivity index (χ1v) is 5.91. The summed E-state index contributed by atoms with van der Waals surface area (Å²) in [6.07, 6.45) is 0. The lowest BCUT2D eigenvalue weighted by molar-refractivity contribution is -0.152. The fourth-order valence-electron chi connectivity index (χ4n) is 1.78. The van der Waals surface area contributed by atoms with Crippen molar-refractivity contribution in [2.75, 3.05) is 13.1 Å². The summed E-state index contributed by atoms with van der Waals surface area (Å²) in [7, 11) is 0. The molecule has 0 aliphatic carbocycles. The van der Waals surface area contributed by atoms with E-state index in [2.05, 4.69) is 0 Å². The predicted octanol–water partition coefficient (Wildman–Crippen LogP) is 0.539. The summed E-state index contributed by atoms with van der Waals surface area (Å²) in [4.78, 5) is 24.4. The zero-order valence-electron chi connectivity index (χ0n) is 10.9. The van der Waals surface area contributed by atoms with Crippen LogP contribution in [0.5, 0.6) is 0 Å². The quantitative estimate of drug-likeness (QED) is 0.756. The lowest BCUT2D eigenvalue weighted by Gasteiger charge is -2.44. The van der Waals surface area contributed by atoms with Crippen molar-refractivity contribution < 1.29 is 14.7 Å². The van der Waals surface area contributed by atoms with Gasteiger partial charge in [-0.05, 0) is 5.41 Å². The highest BCUT2D eigenvalue weighted by atomic mass is 16.4. The van der Waals surface area contributed by atoms with Gasteiger partial charge in [0.2, 0.25) is 5.91 Å². The van der Waals surface area contributed by atoms with Gasteiger partial charge in [0, 0.05) is 19.0 Å². The Morgan fingerprint density at radius 2 is 1.82 bits per heavy atom. The molecule has 0 radical (unpaired) electrons. The predicted molar refractivity (Wildman–Crippen MR) is 64.3 cm³/mol. The third-order valence-corrected chi connectivity index (χ3v) is 3.52. The third kappa shape index (κ3) is 2.97. The Morgan fingerprint density at radius 3 is 2.18 bits per heavy atom. The largest absolute Gasteiger partial charge is 0.481 e. The molecule has 5 nitrogen and oxygen atoms in total. The third-order valence-electron chi connectivity index (χ3n) is 3.52. The number of carbonyl (C=O) groups excluding carboxylic acids is 1. The molecule has 0 saturated carbocycles. The molecule has 0 aromatic heterocycles. The minimum Gasteiger partial charge on any atom is -0.481 e. The molecule has 3 N–H and O–H groups in total. The molecular formula is C12H22N2O3. The fourth-order valence-corrected chi connectivity index (χ4v) is 1.78. The Morgan fingerprint density at radius 1 is 1.35 bits per heavy atom. The molecule has 17 heavy (non-hydrogen) atoms. The molecule has 2 unspecified atom stereocenters. The van der Waals surface area contributed by atoms with Gasteiger partial charge in [-0.2, -0.15) is 0 Å². The molecule has 0 spiro atoms. The summed E-state index contributed by atoms with van der Waals surface area (Å²) in [5.41, 5.74) is 5.62. The number of hydrogen-bond acceptors (Lipinski definition) is 3. The summed E-state index contributed by atoms with van der Waals surface area (Å²) < 4.78 is 0. The second-order valence-electron chi connectivity index (χ2n) is 5.97. The van der Waals surface area contributed by atoms with Crippen LogP contribution < -0.4 is 5.73 Å². The maximum absolute atomic E-state index is 12.0. The summed E-state index contributed by atoms with van der Waals surface area (Å²) in [5.74, 6) is -1.22. The molecular weight excluding hydrogens is 220 g/mol. The van der Waals surface area contributed by atoms with Crippen molar-refractivity contribution in [1.82, 2.24) is 4.90 Å². The van der Waals surface area contributed by atoms with E-state index in [9.17, 15) is 9.59 Å². The highest BCUT2D eigenvalue weighted by Crippen LogP contribution is 2.27. The van der Waals surface area contributed by atoms with Crippen molar-refractivity contribution in [2.45, 2.75) is 33.7 Å². The fraction of sp³-hybridized carbons (Fsp3) is 0.833. The summed E-state index contributed by atoms with van der Waals surface area (Å²) >= 11 is 0. The van der Waals surface area contributed by atoms with Crippen LogP contribution >= 0.6 is 0 Å². The van der Waals surface area contributed by atoms with Crippen molar-refractivity contribution in [3.05, 3.63) is 0 Å². The maximum atomic E-state index is 12.0. The molecule has 1 amide bonds. The number of aliphatic carboxylic acids is 1. The van der Waals surface area contributed by atoms with E-state index in [1.54, 1.807) is 11.8 Å². The zero-order chi connectivity index (χ0) is 13.4. The smallest absolute Gasteiger partial charge is 0.306 e. The second kappa shape index (κ2) is 4.64. The number of likely N-dealkylation sites (tertiary alicyclic amines) is 1. The van der Waals surface area contributed by atoms with E-state index < -0.39 is 17.9 Å². The minimum absolute atomic E-state index is 0.0589. The average Bonchev–Trinajstić information content (AvgIpc) is 2.12. The Hall–Kier alpha value is -1.10. The maximum Gasteiger partial charge on any atom is 0.306 e. The van der Waals surface area contributed by atoms with Crippen LogP contribution in [-0.2, 0) is 9.59 Å². The van der Waals surface area contributed by atoms with Gasteiger partial charge < -0.3 is 15.7 Å². The molecule has 5 heteroatoms. The van der Waals surface area contributed by atoms with E-state index in [0.29, 0.717) is 13.1 Å². The van der Waals surface area contributed by atoms with Gasteiger partial charge in [-0.1, -0.05) is 27.7 Å². The summed E-state index contributed by atoms with van der Waals surface area (Å²) in [6.45, 7) is 8.47. The van der Waals surface area contributed by atoms with Gasteiger partial charge in [0.15, 0.2) is 0 Å². The Kier molecular flexibility index (Phi) is 3.81. The normalized spacial score (nSPS) is 20.6. The van der Waals surface area contributed by atoms with Gasteiger partial charge in [0.1, 0.15) is 0 Å². The van der Waals surface area contributed by atoms with Crippen LogP contribution in [0.15, 0.2) is 0 Å². The molecule has 1 rings (SSSR count). The monoisotopic (exact) mass is 242 g/mol. The van der Waals surface area contributed by atoms with Crippen molar-refractivity contribution in [1.29, 1.82) is 0 Å². The van der Waals surface area contributed by atoms with E-state index >= 15 is 0 Å². The molecule has 0 aromatic carbocycles. The Bertz CT molecular complexity index is 316. The number of carbonyl (C=O) groups is 2. The minimum atomic E-state index is -0.804. The first kappa shape index (κ1) is 14.0. The molecule has 1 saturated heterocycles. The SMILES string of the molecule is CC(C(=O)O)C1CN(C(=O)C(N)C(C)(C)C)C1. The van der Waals surface area contributed by atoms with Crippen LogP contribution in [-0.4, -0.2) is 41.0 Å². The van der Waals surface area contributed by atoms with Crippen LogP contribution in [0.25, 0.3) is 0 Å². The molecule has 0 aromatic rings. The average molecular weight is 242 g/mol. The van der Waals surface area contributed by atoms with Crippen LogP contribution in [0.2, 0.25) is 0 Å².